The fourth-order valence-corrected chi connectivity index (χ4v) is 1.51. The van der Waals surface area contributed by atoms with E-state index in [4.69, 9.17) is 17.2 Å². The fraction of sp³-hybridized carbons (Fsp3) is 0.167. The largest absolute Gasteiger partial charge is 0.397 e. The topological polar surface area (TPSA) is 151 Å². The van der Waals surface area contributed by atoms with Crippen LogP contribution in [0.2, 0.25) is 0 Å². The number of benzene rings is 2. The normalized spacial score (nSPS) is 8.73. The van der Waals surface area contributed by atoms with E-state index in [1.54, 1.807) is 24.3 Å². The number of rotatable bonds is 1. The van der Waals surface area contributed by atoms with Crippen molar-refractivity contribution in [1.29, 1.82) is 0 Å². The van der Waals surface area contributed by atoms with Gasteiger partial charge < -0.3 is 27.3 Å². The average molecular weight is 360 g/mol. The second-order valence-corrected chi connectivity index (χ2v) is 4.98. The van der Waals surface area contributed by atoms with Gasteiger partial charge in [0, 0.05) is 20.8 Å². The third-order valence-electron chi connectivity index (χ3n) is 2.55. The first-order valence-corrected chi connectivity index (χ1v) is 7.54. The fourth-order valence-electron chi connectivity index (χ4n) is 1.51. The molecule has 2 aromatic carbocycles. The molecule has 7 N–H and O–H groups in total. The Morgan fingerprint density at radius 2 is 1.12 bits per heavy atom. The maximum atomic E-state index is 10.6. The van der Waals surface area contributed by atoms with Gasteiger partial charge in [-0.25, -0.2) is 0 Å². The van der Waals surface area contributed by atoms with Gasteiger partial charge in [0.15, 0.2) is 0 Å². The number of nitrogens with one attached hydrogen (secondary N) is 1. The first-order valence-electron chi connectivity index (χ1n) is 7.54. The summed E-state index contributed by atoms with van der Waals surface area (Å²) in [6.07, 6.45) is 0. The van der Waals surface area contributed by atoms with Crippen LogP contribution in [0.4, 0.5) is 22.7 Å². The molecule has 26 heavy (non-hydrogen) atoms. The molecule has 0 aliphatic rings. The van der Waals surface area contributed by atoms with Crippen molar-refractivity contribution in [3.63, 3.8) is 0 Å². The summed E-state index contributed by atoms with van der Waals surface area (Å²) >= 11 is 0. The van der Waals surface area contributed by atoms with Crippen LogP contribution >= 0.6 is 0 Å². The molecule has 0 saturated carbocycles. The lowest BCUT2D eigenvalue weighted by Crippen LogP contribution is -2.07. The van der Waals surface area contributed by atoms with Crippen molar-refractivity contribution in [1.82, 2.24) is 0 Å². The van der Waals surface area contributed by atoms with Gasteiger partial charge in [0.1, 0.15) is 0 Å². The van der Waals surface area contributed by atoms with Gasteiger partial charge in [-0.3, -0.25) is 14.4 Å². The maximum absolute atomic E-state index is 10.6. The number of anilines is 4. The first-order chi connectivity index (χ1) is 12.1. The number of carbonyl (C=O) groups excluding carboxylic acids is 3. The predicted molar refractivity (Wildman–Crippen MR) is 103 cm³/mol. The number of esters is 2. The van der Waals surface area contributed by atoms with E-state index in [1.165, 1.54) is 20.8 Å². The summed E-state index contributed by atoms with van der Waals surface area (Å²) in [6, 6.07) is 14.4. The van der Waals surface area contributed by atoms with E-state index in [0.29, 0.717) is 22.7 Å². The highest BCUT2D eigenvalue weighted by molar-refractivity contribution is 5.92. The molecule has 0 atom stereocenters. The number of carbonyl (C=O) groups is 3. The quantitative estimate of drug-likeness (QED) is 0.345. The van der Waals surface area contributed by atoms with Gasteiger partial charge in [-0.2, -0.15) is 0 Å². The summed E-state index contributed by atoms with van der Waals surface area (Å²) in [7, 11) is 0. The molecule has 0 aromatic heterocycles. The predicted octanol–water partition coefficient (Wildman–Crippen LogP) is 2.17. The molecule has 0 radical (unpaired) electrons. The molecule has 0 bridgehead atoms. The Hall–Kier alpha value is -3.55. The molecular weight excluding hydrogens is 336 g/mol. The van der Waals surface area contributed by atoms with Crippen molar-refractivity contribution in [3.8, 4) is 0 Å². The molecule has 0 saturated heterocycles. The van der Waals surface area contributed by atoms with Crippen LogP contribution in [0.25, 0.3) is 0 Å². The summed E-state index contributed by atoms with van der Waals surface area (Å²) in [5.74, 6) is -1.23. The van der Waals surface area contributed by atoms with Crippen molar-refractivity contribution in [3.05, 3.63) is 48.5 Å². The van der Waals surface area contributed by atoms with Gasteiger partial charge in [-0.05, 0) is 24.3 Å². The van der Waals surface area contributed by atoms with E-state index in [-0.39, 0.29) is 5.91 Å². The lowest BCUT2D eigenvalue weighted by Gasteiger charge is -2.03. The number of ether oxygens (including phenoxy) is 1. The van der Waals surface area contributed by atoms with E-state index < -0.39 is 11.9 Å². The Labute approximate surface area is 152 Å². The zero-order chi connectivity index (χ0) is 20.1. The van der Waals surface area contributed by atoms with Crippen LogP contribution in [-0.4, -0.2) is 17.8 Å². The number of hydrogen-bond donors (Lipinski definition) is 4. The highest BCUT2D eigenvalue weighted by Crippen LogP contribution is 2.15. The molecule has 0 aliphatic heterocycles. The standard InChI is InChI=1S/C8H10N2O.C6H8N2.C4H6O3/c1-6(11)10-8-5-3-2-4-7(8)9;7-5-3-1-2-4-6(5)8;1-3(5)7-4(2)6/h2-5H,9H2,1H3,(H,10,11);1-4H,7-8H2;1-2H3. The molecule has 1 amide bonds. The summed E-state index contributed by atoms with van der Waals surface area (Å²) in [5.41, 5.74) is 18.9. The van der Waals surface area contributed by atoms with E-state index >= 15 is 0 Å². The lowest BCUT2D eigenvalue weighted by atomic mass is 10.3. The van der Waals surface area contributed by atoms with Crippen molar-refractivity contribution < 1.29 is 19.1 Å². The lowest BCUT2D eigenvalue weighted by molar-refractivity contribution is -0.156. The molecule has 2 rings (SSSR count). The minimum atomic E-state index is -0.562. The van der Waals surface area contributed by atoms with E-state index in [9.17, 15) is 14.4 Å². The van der Waals surface area contributed by atoms with E-state index in [1.807, 2.05) is 24.3 Å². The van der Waals surface area contributed by atoms with Gasteiger partial charge in [0.2, 0.25) is 5.91 Å². The van der Waals surface area contributed by atoms with Gasteiger partial charge >= 0.3 is 11.9 Å². The van der Waals surface area contributed by atoms with Gasteiger partial charge in [-0.15, -0.1) is 0 Å². The Balaban J connectivity index is 0.000000373. The van der Waals surface area contributed by atoms with Crippen molar-refractivity contribution in [2.45, 2.75) is 20.8 Å². The number of hydrogen-bond acceptors (Lipinski definition) is 7. The Kier molecular flexibility index (Phi) is 10.3. The van der Waals surface area contributed by atoms with Crippen LogP contribution in [0, 0.1) is 0 Å². The molecule has 8 nitrogen and oxygen atoms in total. The molecule has 0 heterocycles. The molecule has 0 spiro atoms. The SMILES string of the molecule is CC(=O)Nc1ccccc1N.CC(=O)OC(C)=O.Nc1ccccc1N. The monoisotopic (exact) mass is 360 g/mol. The Morgan fingerprint density at radius 1 is 0.731 bits per heavy atom. The molecule has 0 aliphatic carbocycles. The van der Waals surface area contributed by atoms with Crippen molar-refractivity contribution >= 4 is 40.6 Å². The van der Waals surface area contributed by atoms with Crippen LogP contribution in [0.15, 0.2) is 48.5 Å². The summed E-state index contributed by atoms with van der Waals surface area (Å²) in [6.45, 7) is 3.81. The number of para-hydroxylation sites is 4. The van der Waals surface area contributed by atoms with Gasteiger partial charge in [0.05, 0.1) is 22.7 Å². The van der Waals surface area contributed by atoms with Crippen molar-refractivity contribution in [2.75, 3.05) is 22.5 Å². The van der Waals surface area contributed by atoms with E-state index in [2.05, 4.69) is 10.1 Å². The van der Waals surface area contributed by atoms with E-state index in [0.717, 1.165) is 0 Å². The minimum absolute atomic E-state index is 0.108. The average Bonchev–Trinajstić information content (AvgIpc) is 2.52. The van der Waals surface area contributed by atoms with Gasteiger partial charge in [-0.1, -0.05) is 24.3 Å². The molecule has 0 fully saturated rings. The Bertz CT molecular complexity index is 714. The van der Waals surface area contributed by atoms with Crippen LogP contribution in [0.5, 0.6) is 0 Å². The molecule has 2 aromatic rings. The molecular formula is C18H24N4O4. The summed E-state index contributed by atoms with van der Waals surface area (Å²) in [5, 5.41) is 2.61. The summed E-state index contributed by atoms with van der Waals surface area (Å²) < 4.78 is 3.97. The number of amides is 1. The Morgan fingerprint density at radius 3 is 1.38 bits per heavy atom. The zero-order valence-corrected chi connectivity index (χ0v) is 15.0. The third-order valence-corrected chi connectivity index (χ3v) is 2.55. The minimum Gasteiger partial charge on any atom is -0.397 e. The van der Waals surface area contributed by atoms with Crippen LogP contribution in [-0.2, 0) is 19.1 Å². The second-order valence-electron chi connectivity index (χ2n) is 4.98. The van der Waals surface area contributed by atoms with Crippen LogP contribution < -0.4 is 22.5 Å². The van der Waals surface area contributed by atoms with Gasteiger partial charge in [0.25, 0.3) is 0 Å². The molecule has 0 unspecified atom stereocenters. The number of nitrogen functional groups attached to an aromatic ring is 3. The zero-order valence-electron chi connectivity index (χ0n) is 15.0. The smallest absolute Gasteiger partial charge is 0.310 e. The van der Waals surface area contributed by atoms with Crippen molar-refractivity contribution in [2.24, 2.45) is 0 Å². The molecule has 140 valence electrons. The van der Waals surface area contributed by atoms with Crippen LogP contribution in [0.1, 0.15) is 20.8 Å². The highest BCUT2D eigenvalue weighted by atomic mass is 16.6. The third kappa shape index (κ3) is 11.1. The first kappa shape index (κ1) is 22.4. The van der Waals surface area contributed by atoms with Crippen LogP contribution in [0.3, 0.4) is 0 Å². The summed E-state index contributed by atoms with van der Waals surface area (Å²) in [4.78, 5) is 30.2. The molecule has 8 heteroatoms. The maximum Gasteiger partial charge on any atom is 0.310 e. The second kappa shape index (κ2) is 11.9. The highest BCUT2D eigenvalue weighted by Gasteiger charge is 1.97. The number of nitrogens with two attached hydrogens (primary N) is 3.